The van der Waals surface area contributed by atoms with Crippen LogP contribution in [0.4, 0.5) is 4.79 Å². The monoisotopic (exact) mass is 410 g/mol. The molecule has 1 aliphatic heterocycles. The van der Waals surface area contributed by atoms with Gasteiger partial charge in [0.25, 0.3) is 0 Å². The zero-order chi connectivity index (χ0) is 20.1. The molecule has 0 unspecified atom stereocenters. The first kappa shape index (κ1) is 31.7. The summed E-state index contributed by atoms with van der Waals surface area (Å²) in [6.45, 7) is 13.5. The maximum Gasteiger partial charge on any atom is 0 e. The molecule has 0 aromatic rings. The number of rotatable bonds is 7. The van der Waals surface area contributed by atoms with Crippen LogP contribution in [0.25, 0.3) is 0 Å². The van der Waals surface area contributed by atoms with E-state index in [0.717, 1.165) is 0 Å². The molecule has 0 radical (unpaired) electrons. The molecule has 26 heavy (non-hydrogen) atoms. The van der Waals surface area contributed by atoms with E-state index in [0.29, 0.717) is 12.8 Å². The Kier molecular flexibility index (Phi) is 30.6. The van der Waals surface area contributed by atoms with Crippen LogP contribution in [0.3, 0.4) is 0 Å². The number of esters is 1. The molecule has 1 N–H and O–H groups in total. The Morgan fingerprint density at radius 2 is 1.77 bits per heavy atom. The fourth-order valence-electron chi connectivity index (χ4n) is 1.65. The summed E-state index contributed by atoms with van der Waals surface area (Å²) in [7, 11) is 1.33. The number of allylic oxidation sites excluding steroid dienone is 2. The standard InChI is InChI=1S/C13H18O6.3CO.Fe/c1-17-12(15)8-5-7-11-10(18-13(16)19-11)6-3-2-4-9-14;3*1-2;/h2-4,6,10-11,14H,5,7-9H2,1H3;;;;/b4-2+,6-3+;;;;/t10-,11+;;;;/m1..../s1. The van der Waals surface area contributed by atoms with E-state index < -0.39 is 18.4 Å². The van der Waals surface area contributed by atoms with Crippen LogP contribution in [-0.4, -0.2) is 43.2 Å². The summed E-state index contributed by atoms with van der Waals surface area (Å²) < 4.78 is 37.0. The Labute approximate surface area is 162 Å². The van der Waals surface area contributed by atoms with Crippen LogP contribution in [-0.2, 0) is 50.0 Å². The number of carbonyl (C=O) groups excluding carboxylic acids is 2. The molecule has 2 atom stereocenters. The van der Waals surface area contributed by atoms with E-state index in [4.69, 9.17) is 28.5 Å². The first-order chi connectivity index (χ1) is 12.2. The molecule has 0 saturated carbocycles. The zero-order valence-corrected chi connectivity index (χ0v) is 15.0. The van der Waals surface area contributed by atoms with Gasteiger partial charge in [0.15, 0.2) is 6.10 Å². The molecule has 144 valence electrons. The van der Waals surface area contributed by atoms with E-state index in [9.17, 15) is 9.59 Å². The first-order valence-corrected chi connectivity index (χ1v) is 6.67. The summed E-state index contributed by atoms with van der Waals surface area (Å²) in [5, 5.41) is 8.57. The van der Waals surface area contributed by atoms with E-state index in [1.165, 1.54) is 7.11 Å². The van der Waals surface area contributed by atoms with Crippen LogP contribution < -0.4 is 0 Å². The Morgan fingerprint density at radius 1 is 1.19 bits per heavy atom. The average Bonchev–Trinajstić information content (AvgIpc) is 3.03. The molecule has 1 fully saturated rings. The Bertz CT molecular complexity index is 466. The average molecular weight is 410 g/mol. The fraction of sp³-hybridized carbons (Fsp3) is 0.438. The van der Waals surface area contributed by atoms with Crippen LogP contribution in [0, 0.1) is 20.0 Å². The summed E-state index contributed by atoms with van der Waals surface area (Å²) in [6.07, 6.45) is 6.37. The quantitative estimate of drug-likeness (QED) is 0.220. The number of aliphatic hydroxyl groups is 1. The summed E-state index contributed by atoms with van der Waals surface area (Å²) in [5.74, 6) is -0.289. The van der Waals surface area contributed by atoms with Gasteiger partial charge in [-0.15, -0.1) is 0 Å². The minimum atomic E-state index is -0.705. The SMILES string of the molecule is COC(=O)CCC[C@@H]1OC(=O)O[C@@H]1/C=C/C=C/CO.[C-]#[O+].[C-]#[O+].[C-]#[O+].[Fe]. The van der Waals surface area contributed by atoms with Crippen molar-refractivity contribution >= 4 is 12.1 Å². The summed E-state index contributed by atoms with van der Waals surface area (Å²) >= 11 is 0. The molecule has 0 aromatic heterocycles. The van der Waals surface area contributed by atoms with Gasteiger partial charge in [-0.25, -0.2) is 4.79 Å². The van der Waals surface area contributed by atoms with Crippen LogP contribution >= 0.6 is 0 Å². The zero-order valence-electron chi connectivity index (χ0n) is 13.9. The van der Waals surface area contributed by atoms with Gasteiger partial charge in [-0.2, -0.15) is 0 Å². The van der Waals surface area contributed by atoms with Gasteiger partial charge in [0.1, 0.15) is 6.10 Å². The number of hydrogen-bond donors (Lipinski definition) is 1. The molecule has 0 aliphatic carbocycles. The second kappa shape index (κ2) is 25.2. The van der Waals surface area contributed by atoms with Crippen LogP contribution in [0.1, 0.15) is 19.3 Å². The van der Waals surface area contributed by atoms with E-state index in [1.54, 1.807) is 24.3 Å². The second-order valence-electron chi connectivity index (χ2n) is 3.95. The van der Waals surface area contributed by atoms with Crippen molar-refractivity contribution in [2.75, 3.05) is 13.7 Å². The van der Waals surface area contributed by atoms with Crippen molar-refractivity contribution in [1.82, 2.24) is 0 Å². The van der Waals surface area contributed by atoms with E-state index >= 15 is 0 Å². The van der Waals surface area contributed by atoms with Gasteiger partial charge in [0, 0.05) is 23.5 Å². The molecule has 1 heterocycles. The Hall–Kier alpha value is -2.08. The third-order valence-corrected chi connectivity index (χ3v) is 2.60. The van der Waals surface area contributed by atoms with E-state index in [-0.39, 0.29) is 36.1 Å². The maximum atomic E-state index is 11.1. The number of hydrogen-bond acceptors (Lipinski definition) is 6. The predicted molar refractivity (Wildman–Crippen MR) is 78.2 cm³/mol. The van der Waals surface area contributed by atoms with Crippen molar-refractivity contribution in [3.05, 3.63) is 44.3 Å². The van der Waals surface area contributed by atoms with Gasteiger partial charge >= 0.3 is 46.0 Å². The third kappa shape index (κ3) is 16.8. The van der Waals surface area contributed by atoms with Crippen molar-refractivity contribution in [3.63, 3.8) is 0 Å². The number of cyclic esters (lactones) is 2. The molecule has 9 nitrogen and oxygen atoms in total. The third-order valence-electron chi connectivity index (χ3n) is 2.60. The normalized spacial score (nSPS) is 16.8. The smallest absolute Gasteiger partial charge is 0 e. The van der Waals surface area contributed by atoms with Crippen molar-refractivity contribution in [2.24, 2.45) is 0 Å². The summed E-state index contributed by atoms with van der Waals surface area (Å²) in [4.78, 5) is 22.0. The number of ether oxygens (including phenoxy) is 3. The van der Waals surface area contributed by atoms with Gasteiger partial charge < -0.3 is 19.3 Å². The molecule has 1 saturated heterocycles. The fourth-order valence-corrected chi connectivity index (χ4v) is 1.65. The molecule has 1 rings (SSSR count). The Morgan fingerprint density at radius 3 is 2.27 bits per heavy atom. The molecule has 0 aromatic carbocycles. The molecular weight excluding hydrogens is 392 g/mol. The molecule has 1 aliphatic rings. The summed E-state index contributed by atoms with van der Waals surface area (Å²) in [5.41, 5.74) is 0. The largest absolute Gasteiger partial charge is 0 e. The van der Waals surface area contributed by atoms with Crippen molar-refractivity contribution in [2.45, 2.75) is 31.5 Å². The maximum absolute atomic E-state index is 11.1. The van der Waals surface area contributed by atoms with Crippen molar-refractivity contribution < 1.29 is 59.9 Å². The summed E-state index contributed by atoms with van der Waals surface area (Å²) in [6, 6.07) is 0. The number of aliphatic hydroxyl groups excluding tert-OH is 1. The van der Waals surface area contributed by atoms with Crippen LogP contribution in [0.5, 0.6) is 0 Å². The number of carbonyl (C=O) groups is 2. The second-order valence-corrected chi connectivity index (χ2v) is 3.95. The van der Waals surface area contributed by atoms with Gasteiger partial charge in [0.2, 0.25) is 0 Å². The van der Waals surface area contributed by atoms with E-state index in [1.807, 2.05) is 0 Å². The Balaban J connectivity index is -0.000000312. The predicted octanol–water partition coefficient (Wildman–Crippen LogP) is 1.22. The van der Waals surface area contributed by atoms with Gasteiger partial charge in [0.05, 0.1) is 13.7 Å². The molecular formula is C16H18FeO9. The first-order valence-electron chi connectivity index (χ1n) is 6.67. The van der Waals surface area contributed by atoms with Crippen molar-refractivity contribution in [3.8, 4) is 0 Å². The minimum Gasteiger partial charge on any atom is 0 e. The van der Waals surface area contributed by atoms with Crippen LogP contribution in [0.15, 0.2) is 24.3 Å². The molecule has 10 heteroatoms. The molecule has 0 amide bonds. The van der Waals surface area contributed by atoms with Crippen LogP contribution in [0.2, 0.25) is 0 Å². The van der Waals surface area contributed by atoms with Gasteiger partial charge in [-0.3, -0.25) is 4.79 Å². The molecule has 0 spiro atoms. The van der Waals surface area contributed by atoms with E-state index in [2.05, 4.69) is 24.7 Å². The minimum absolute atomic E-state index is 0. The van der Waals surface area contributed by atoms with Crippen molar-refractivity contribution in [1.29, 1.82) is 0 Å². The molecule has 0 bridgehead atoms. The number of methoxy groups -OCH3 is 1. The topological polar surface area (TPSA) is 142 Å². The van der Waals surface area contributed by atoms with Gasteiger partial charge in [-0.1, -0.05) is 18.2 Å². The van der Waals surface area contributed by atoms with Gasteiger partial charge in [-0.05, 0) is 18.9 Å².